The highest BCUT2D eigenvalue weighted by Crippen LogP contribution is 2.40. The monoisotopic (exact) mass is 300 g/mol. The Kier molecular flexibility index (Phi) is 4.36. The SMILES string of the molecule is CCc1cc(C(F)(F)F)c(C(=O)OC)c(C(F)(F)F)c1. The second-order valence-electron chi connectivity index (χ2n) is 3.91. The summed E-state index contributed by atoms with van der Waals surface area (Å²) in [5.41, 5.74) is -4.96. The Morgan fingerprint density at radius 1 is 1.05 bits per heavy atom. The topological polar surface area (TPSA) is 26.3 Å². The van der Waals surface area contributed by atoms with E-state index >= 15 is 0 Å². The van der Waals surface area contributed by atoms with E-state index < -0.39 is 35.0 Å². The fourth-order valence-corrected chi connectivity index (χ4v) is 1.68. The van der Waals surface area contributed by atoms with Crippen molar-refractivity contribution in [3.8, 4) is 0 Å². The molecule has 0 aromatic heterocycles. The highest BCUT2D eigenvalue weighted by molar-refractivity contribution is 5.93. The van der Waals surface area contributed by atoms with Gasteiger partial charge in [0.1, 0.15) is 0 Å². The molecule has 1 rings (SSSR count). The van der Waals surface area contributed by atoms with E-state index in [2.05, 4.69) is 4.74 Å². The molecule has 0 bridgehead atoms. The maximum absolute atomic E-state index is 12.9. The van der Waals surface area contributed by atoms with Crippen molar-refractivity contribution in [2.45, 2.75) is 25.7 Å². The number of halogens is 6. The van der Waals surface area contributed by atoms with Gasteiger partial charge in [0.2, 0.25) is 0 Å². The van der Waals surface area contributed by atoms with Crippen LogP contribution in [0.2, 0.25) is 0 Å². The summed E-state index contributed by atoms with van der Waals surface area (Å²) in [5.74, 6) is -1.67. The highest BCUT2D eigenvalue weighted by Gasteiger charge is 2.43. The molecule has 0 aliphatic heterocycles. The number of benzene rings is 1. The van der Waals surface area contributed by atoms with Crippen LogP contribution in [-0.2, 0) is 23.5 Å². The first-order valence-corrected chi connectivity index (χ1v) is 5.42. The molecule has 0 heterocycles. The lowest BCUT2D eigenvalue weighted by atomic mass is 9.95. The fraction of sp³-hybridized carbons (Fsp3) is 0.417. The minimum atomic E-state index is -5.09. The highest BCUT2D eigenvalue weighted by atomic mass is 19.4. The number of alkyl halides is 6. The smallest absolute Gasteiger partial charge is 0.417 e. The lowest BCUT2D eigenvalue weighted by Gasteiger charge is -2.18. The summed E-state index contributed by atoms with van der Waals surface area (Å²) in [6, 6.07) is 1.06. The molecule has 0 aliphatic carbocycles. The Hall–Kier alpha value is -1.73. The number of methoxy groups -OCH3 is 1. The van der Waals surface area contributed by atoms with Crippen LogP contribution in [0.4, 0.5) is 26.3 Å². The quantitative estimate of drug-likeness (QED) is 0.608. The first-order chi connectivity index (χ1) is 9.02. The van der Waals surface area contributed by atoms with E-state index in [1.165, 1.54) is 6.92 Å². The van der Waals surface area contributed by atoms with Crippen LogP contribution >= 0.6 is 0 Å². The molecule has 0 unspecified atom stereocenters. The molecular weight excluding hydrogens is 290 g/mol. The molecule has 0 saturated carbocycles. The first kappa shape index (κ1) is 16.3. The van der Waals surface area contributed by atoms with Gasteiger partial charge in [0, 0.05) is 0 Å². The standard InChI is InChI=1S/C12H10F6O2/c1-3-6-4-7(11(13,14)15)9(10(19)20-2)8(5-6)12(16,17)18/h4-5H,3H2,1-2H3. The van der Waals surface area contributed by atoms with Crippen molar-refractivity contribution in [3.05, 3.63) is 34.4 Å². The predicted octanol–water partition coefficient (Wildman–Crippen LogP) is 4.07. The van der Waals surface area contributed by atoms with Crippen LogP contribution in [0.1, 0.15) is 34.0 Å². The van der Waals surface area contributed by atoms with Crippen LogP contribution in [0.25, 0.3) is 0 Å². The summed E-state index contributed by atoms with van der Waals surface area (Å²) in [5, 5.41) is 0. The molecule has 112 valence electrons. The van der Waals surface area contributed by atoms with Gasteiger partial charge in [-0.05, 0) is 24.1 Å². The van der Waals surface area contributed by atoms with Crippen molar-refractivity contribution < 1.29 is 35.9 Å². The lowest BCUT2D eigenvalue weighted by Crippen LogP contribution is -2.21. The van der Waals surface area contributed by atoms with Gasteiger partial charge in [-0.25, -0.2) is 4.79 Å². The van der Waals surface area contributed by atoms with Crippen molar-refractivity contribution >= 4 is 5.97 Å². The predicted molar refractivity (Wildman–Crippen MR) is 57.2 cm³/mol. The zero-order valence-electron chi connectivity index (χ0n) is 10.4. The molecule has 0 spiro atoms. The van der Waals surface area contributed by atoms with E-state index in [1.54, 1.807) is 0 Å². The van der Waals surface area contributed by atoms with Gasteiger partial charge in [-0.2, -0.15) is 26.3 Å². The van der Waals surface area contributed by atoms with Crippen LogP contribution in [0, 0.1) is 0 Å². The Labute approximate surface area is 110 Å². The van der Waals surface area contributed by atoms with Crippen LogP contribution < -0.4 is 0 Å². The Balaban J connectivity index is 3.77. The molecule has 20 heavy (non-hydrogen) atoms. The number of carbonyl (C=O) groups is 1. The van der Waals surface area contributed by atoms with Gasteiger partial charge < -0.3 is 4.74 Å². The van der Waals surface area contributed by atoms with Gasteiger partial charge in [-0.3, -0.25) is 0 Å². The Morgan fingerprint density at radius 2 is 1.45 bits per heavy atom. The molecule has 0 fully saturated rings. The van der Waals surface area contributed by atoms with Crippen molar-refractivity contribution in [3.63, 3.8) is 0 Å². The van der Waals surface area contributed by atoms with Gasteiger partial charge in [-0.1, -0.05) is 6.92 Å². The van der Waals surface area contributed by atoms with Crippen LogP contribution in [0.15, 0.2) is 12.1 Å². The summed E-state index contributed by atoms with van der Waals surface area (Å²) in [6.45, 7) is 1.41. The van der Waals surface area contributed by atoms with E-state index in [4.69, 9.17) is 0 Å². The molecule has 0 aliphatic rings. The van der Waals surface area contributed by atoms with Crippen LogP contribution in [0.3, 0.4) is 0 Å². The number of aryl methyl sites for hydroxylation is 1. The molecule has 0 radical (unpaired) electrons. The number of hydrogen-bond acceptors (Lipinski definition) is 2. The van der Waals surface area contributed by atoms with E-state index in [0.29, 0.717) is 12.1 Å². The maximum atomic E-state index is 12.9. The molecule has 8 heteroatoms. The van der Waals surface area contributed by atoms with Crippen molar-refractivity contribution in [1.82, 2.24) is 0 Å². The van der Waals surface area contributed by atoms with E-state index in [0.717, 1.165) is 7.11 Å². The summed E-state index contributed by atoms with van der Waals surface area (Å²) in [7, 11) is 0.719. The lowest BCUT2D eigenvalue weighted by molar-refractivity contribution is -0.144. The van der Waals surface area contributed by atoms with Gasteiger partial charge in [0.05, 0.1) is 23.8 Å². The third kappa shape index (κ3) is 3.23. The van der Waals surface area contributed by atoms with Crippen LogP contribution in [0.5, 0.6) is 0 Å². The molecule has 1 aromatic carbocycles. The van der Waals surface area contributed by atoms with E-state index in [1.807, 2.05) is 0 Å². The Bertz CT molecular complexity index is 481. The largest absolute Gasteiger partial charge is 0.465 e. The molecule has 0 amide bonds. The first-order valence-electron chi connectivity index (χ1n) is 5.42. The zero-order valence-corrected chi connectivity index (χ0v) is 10.4. The number of carbonyl (C=O) groups excluding carboxylic acids is 1. The average Bonchev–Trinajstić information content (AvgIpc) is 2.34. The van der Waals surface area contributed by atoms with Crippen molar-refractivity contribution in [2.75, 3.05) is 7.11 Å². The molecular formula is C12H10F6O2. The summed E-state index contributed by atoms with van der Waals surface area (Å²) in [4.78, 5) is 11.3. The summed E-state index contributed by atoms with van der Waals surface area (Å²) >= 11 is 0. The number of esters is 1. The molecule has 1 aromatic rings. The summed E-state index contributed by atoms with van der Waals surface area (Å²) in [6.07, 6.45) is -10.2. The zero-order chi connectivity index (χ0) is 15.7. The molecule has 0 atom stereocenters. The number of rotatable bonds is 2. The van der Waals surface area contributed by atoms with Gasteiger partial charge in [-0.15, -0.1) is 0 Å². The number of ether oxygens (including phenoxy) is 1. The molecule has 2 nitrogen and oxygen atoms in total. The van der Waals surface area contributed by atoms with E-state index in [-0.39, 0.29) is 12.0 Å². The van der Waals surface area contributed by atoms with Gasteiger partial charge >= 0.3 is 18.3 Å². The maximum Gasteiger partial charge on any atom is 0.417 e. The average molecular weight is 300 g/mol. The minimum absolute atomic E-state index is 0.0341. The third-order valence-corrected chi connectivity index (χ3v) is 2.61. The third-order valence-electron chi connectivity index (χ3n) is 2.61. The fourth-order valence-electron chi connectivity index (χ4n) is 1.68. The minimum Gasteiger partial charge on any atom is -0.465 e. The van der Waals surface area contributed by atoms with Gasteiger partial charge in [0.15, 0.2) is 0 Å². The normalized spacial score (nSPS) is 12.4. The Morgan fingerprint density at radius 3 is 1.70 bits per heavy atom. The number of hydrogen-bond donors (Lipinski definition) is 0. The second kappa shape index (κ2) is 5.34. The molecule has 0 saturated heterocycles. The van der Waals surface area contributed by atoms with E-state index in [9.17, 15) is 31.1 Å². The second-order valence-corrected chi connectivity index (χ2v) is 3.91. The van der Waals surface area contributed by atoms with Crippen molar-refractivity contribution in [2.24, 2.45) is 0 Å². The van der Waals surface area contributed by atoms with Crippen molar-refractivity contribution in [1.29, 1.82) is 0 Å². The summed E-state index contributed by atoms with van der Waals surface area (Å²) < 4.78 is 81.2. The molecule has 0 N–H and O–H groups in total. The van der Waals surface area contributed by atoms with Gasteiger partial charge in [0.25, 0.3) is 0 Å². The van der Waals surface area contributed by atoms with Crippen LogP contribution in [-0.4, -0.2) is 13.1 Å².